The summed E-state index contributed by atoms with van der Waals surface area (Å²) in [5, 5.41) is 12.1. The van der Waals surface area contributed by atoms with Crippen molar-refractivity contribution < 1.29 is 23.7 Å². The smallest absolute Gasteiger partial charge is 0.267 e. The standard InChI is InChI=1S/C19H10FN3O5/c20-11-6-4-10(5-7-11)17(24)21-22-18(25)13-3-1-2-12-15(23(27)28)9-8-14(16(12)13)19(22)26/h1-9H,(H,21,24). The lowest BCUT2D eigenvalue weighted by Gasteiger charge is -2.27. The van der Waals surface area contributed by atoms with Crippen LogP contribution in [-0.2, 0) is 0 Å². The molecule has 9 heteroatoms. The van der Waals surface area contributed by atoms with Gasteiger partial charge in [0.15, 0.2) is 0 Å². The Morgan fingerprint density at radius 1 is 0.964 bits per heavy atom. The zero-order valence-corrected chi connectivity index (χ0v) is 14.0. The molecule has 0 fully saturated rings. The Balaban J connectivity index is 1.77. The first-order valence-electron chi connectivity index (χ1n) is 8.04. The summed E-state index contributed by atoms with van der Waals surface area (Å²) in [6.45, 7) is 0. The second kappa shape index (κ2) is 6.23. The number of nitrogens with zero attached hydrogens (tertiary/aromatic N) is 2. The molecule has 0 aromatic heterocycles. The minimum absolute atomic E-state index is 0.0507. The first-order chi connectivity index (χ1) is 13.4. The second-order valence-corrected chi connectivity index (χ2v) is 6.01. The molecule has 4 rings (SSSR count). The molecule has 0 spiro atoms. The predicted molar refractivity (Wildman–Crippen MR) is 95.0 cm³/mol. The zero-order chi connectivity index (χ0) is 20.0. The summed E-state index contributed by atoms with van der Waals surface area (Å²) in [5.74, 6) is -2.96. The highest BCUT2D eigenvalue weighted by molar-refractivity contribution is 6.26. The van der Waals surface area contributed by atoms with Crippen molar-refractivity contribution in [3.05, 3.63) is 87.2 Å². The second-order valence-electron chi connectivity index (χ2n) is 6.01. The van der Waals surface area contributed by atoms with Gasteiger partial charge in [-0.3, -0.25) is 29.9 Å². The van der Waals surface area contributed by atoms with Crippen molar-refractivity contribution in [2.24, 2.45) is 0 Å². The molecule has 1 heterocycles. The Morgan fingerprint density at radius 2 is 1.61 bits per heavy atom. The first kappa shape index (κ1) is 17.3. The molecular formula is C19H10FN3O5. The van der Waals surface area contributed by atoms with E-state index in [1.54, 1.807) is 0 Å². The van der Waals surface area contributed by atoms with Crippen LogP contribution in [0, 0.1) is 15.9 Å². The largest absolute Gasteiger partial charge is 0.280 e. The van der Waals surface area contributed by atoms with Crippen LogP contribution in [0.1, 0.15) is 31.1 Å². The molecule has 0 radical (unpaired) electrons. The van der Waals surface area contributed by atoms with E-state index >= 15 is 0 Å². The van der Waals surface area contributed by atoms with Crippen molar-refractivity contribution in [3.63, 3.8) is 0 Å². The summed E-state index contributed by atoms with van der Waals surface area (Å²) in [7, 11) is 0. The van der Waals surface area contributed by atoms with E-state index in [0.29, 0.717) is 5.01 Å². The highest BCUT2D eigenvalue weighted by atomic mass is 19.1. The number of carbonyl (C=O) groups is 3. The minimum Gasteiger partial charge on any atom is -0.267 e. The van der Waals surface area contributed by atoms with Gasteiger partial charge in [-0.25, -0.2) is 4.39 Å². The molecule has 0 unspecified atom stereocenters. The third-order valence-corrected chi connectivity index (χ3v) is 4.40. The van der Waals surface area contributed by atoms with Crippen molar-refractivity contribution in [2.75, 3.05) is 0 Å². The SMILES string of the molecule is O=C(NN1C(=O)c2cccc3c([N+](=O)[O-])ccc(c23)C1=O)c1ccc(F)cc1. The van der Waals surface area contributed by atoms with Crippen molar-refractivity contribution in [3.8, 4) is 0 Å². The van der Waals surface area contributed by atoms with Gasteiger partial charge in [-0.2, -0.15) is 5.01 Å². The maximum atomic E-state index is 13.0. The van der Waals surface area contributed by atoms with Crippen LogP contribution in [0.2, 0.25) is 0 Å². The minimum atomic E-state index is -0.820. The third-order valence-electron chi connectivity index (χ3n) is 4.40. The Morgan fingerprint density at radius 3 is 2.25 bits per heavy atom. The van der Waals surface area contributed by atoms with E-state index in [9.17, 15) is 28.9 Å². The van der Waals surface area contributed by atoms with Crippen LogP contribution in [-0.4, -0.2) is 27.7 Å². The lowest BCUT2D eigenvalue weighted by Crippen LogP contribution is -2.51. The van der Waals surface area contributed by atoms with Gasteiger partial charge in [-0.05, 0) is 42.5 Å². The van der Waals surface area contributed by atoms with Crippen molar-refractivity contribution in [1.29, 1.82) is 0 Å². The van der Waals surface area contributed by atoms with E-state index < -0.39 is 28.5 Å². The average molecular weight is 379 g/mol. The van der Waals surface area contributed by atoms with Gasteiger partial charge in [0.05, 0.1) is 21.4 Å². The Labute approximate surface area is 156 Å². The van der Waals surface area contributed by atoms with E-state index in [1.807, 2.05) is 0 Å². The monoisotopic (exact) mass is 379 g/mol. The van der Waals surface area contributed by atoms with Crippen LogP contribution >= 0.6 is 0 Å². The van der Waals surface area contributed by atoms with Gasteiger partial charge in [-0.15, -0.1) is 0 Å². The van der Waals surface area contributed by atoms with Gasteiger partial charge in [0.2, 0.25) is 0 Å². The Kier molecular flexibility index (Phi) is 3.85. The molecule has 1 aliphatic heterocycles. The number of amides is 3. The van der Waals surface area contributed by atoms with E-state index in [2.05, 4.69) is 5.43 Å². The molecule has 138 valence electrons. The molecule has 0 aliphatic carbocycles. The number of imide groups is 1. The highest BCUT2D eigenvalue weighted by Gasteiger charge is 2.36. The molecule has 3 aromatic rings. The van der Waals surface area contributed by atoms with Crippen molar-refractivity contribution in [1.82, 2.24) is 10.4 Å². The van der Waals surface area contributed by atoms with Crippen molar-refractivity contribution >= 4 is 34.2 Å². The van der Waals surface area contributed by atoms with Crippen LogP contribution in [0.3, 0.4) is 0 Å². The first-order valence-corrected chi connectivity index (χ1v) is 8.04. The van der Waals surface area contributed by atoms with E-state index in [-0.39, 0.29) is 33.2 Å². The van der Waals surface area contributed by atoms with Crippen LogP contribution in [0.25, 0.3) is 10.8 Å². The number of hydrogen-bond donors (Lipinski definition) is 1. The number of hydrogen-bond acceptors (Lipinski definition) is 5. The summed E-state index contributed by atoms with van der Waals surface area (Å²) in [4.78, 5) is 48.5. The number of hydrazine groups is 1. The molecule has 0 bridgehead atoms. The van der Waals surface area contributed by atoms with Gasteiger partial charge in [0.25, 0.3) is 23.4 Å². The van der Waals surface area contributed by atoms with Crippen LogP contribution in [0.15, 0.2) is 54.6 Å². The average Bonchev–Trinajstić information content (AvgIpc) is 2.69. The summed E-state index contributed by atoms with van der Waals surface area (Å²) >= 11 is 0. The summed E-state index contributed by atoms with van der Waals surface area (Å²) in [6, 6.07) is 11.3. The highest BCUT2D eigenvalue weighted by Crippen LogP contribution is 2.34. The predicted octanol–water partition coefficient (Wildman–Crippen LogP) is 2.83. The number of nitro benzene ring substituents is 1. The molecule has 1 N–H and O–H groups in total. The Hall–Kier alpha value is -4.14. The Bertz CT molecular complexity index is 1170. The number of carbonyl (C=O) groups excluding carboxylic acids is 3. The van der Waals surface area contributed by atoms with Gasteiger partial charge in [-0.1, -0.05) is 6.07 Å². The van der Waals surface area contributed by atoms with E-state index in [0.717, 1.165) is 12.1 Å². The lowest BCUT2D eigenvalue weighted by molar-refractivity contribution is -0.383. The molecular weight excluding hydrogens is 369 g/mol. The zero-order valence-electron chi connectivity index (χ0n) is 14.0. The summed E-state index contributed by atoms with van der Waals surface area (Å²) in [6.07, 6.45) is 0. The quantitative estimate of drug-likeness (QED) is 0.427. The van der Waals surface area contributed by atoms with Gasteiger partial charge < -0.3 is 0 Å². The number of nitrogens with one attached hydrogen (secondary N) is 1. The van der Waals surface area contributed by atoms with Gasteiger partial charge >= 0.3 is 0 Å². The lowest BCUT2D eigenvalue weighted by atomic mass is 9.94. The van der Waals surface area contributed by atoms with Gasteiger partial charge in [0, 0.05) is 17.0 Å². The molecule has 3 aromatic carbocycles. The summed E-state index contributed by atoms with van der Waals surface area (Å²) in [5.41, 5.74) is 2.14. The van der Waals surface area contributed by atoms with Crippen LogP contribution < -0.4 is 5.43 Å². The molecule has 3 amide bonds. The van der Waals surface area contributed by atoms with Crippen LogP contribution in [0.5, 0.6) is 0 Å². The van der Waals surface area contributed by atoms with E-state index in [1.165, 1.54) is 42.5 Å². The maximum absolute atomic E-state index is 13.0. The van der Waals surface area contributed by atoms with Crippen molar-refractivity contribution in [2.45, 2.75) is 0 Å². The number of rotatable bonds is 3. The maximum Gasteiger partial charge on any atom is 0.280 e. The normalized spacial score (nSPS) is 13.0. The molecule has 28 heavy (non-hydrogen) atoms. The molecule has 0 saturated carbocycles. The van der Waals surface area contributed by atoms with Gasteiger partial charge in [0.1, 0.15) is 5.82 Å². The topological polar surface area (TPSA) is 110 Å². The fraction of sp³-hybridized carbons (Fsp3) is 0. The molecule has 0 atom stereocenters. The molecule has 1 aliphatic rings. The fourth-order valence-corrected chi connectivity index (χ4v) is 3.11. The number of nitro groups is 1. The number of non-ortho nitro benzene ring substituents is 1. The molecule has 8 nitrogen and oxygen atoms in total. The van der Waals surface area contributed by atoms with Crippen LogP contribution in [0.4, 0.5) is 10.1 Å². The third kappa shape index (κ3) is 2.57. The number of halogens is 1. The fourth-order valence-electron chi connectivity index (χ4n) is 3.11. The van der Waals surface area contributed by atoms with E-state index in [4.69, 9.17) is 0 Å². The number of benzene rings is 3. The summed E-state index contributed by atoms with van der Waals surface area (Å²) < 4.78 is 13.0. The molecule has 0 saturated heterocycles.